The van der Waals surface area contributed by atoms with Crippen LogP contribution in [0.15, 0.2) is 0 Å². The molecular formula is C76H148O17P2. The fraction of sp³-hybridized carbons (Fsp3) is 0.947. The Morgan fingerprint density at radius 1 is 0.295 bits per heavy atom. The van der Waals surface area contributed by atoms with Crippen LogP contribution in [0.2, 0.25) is 0 Å². The molecule has 0 aromatic carbocycles. The minimum absolute atomic E-state index is 0.104. The maximum absolute atomic E-state index is 13.1. The summed E-state index contributed by atoms with van der Waals surface area (Å²) in [5.41, 5.74) is 0. The summed E-state index contributed by atoms with van der Waals surface area (Å²) in [4.78, 5) is 72.8. The van der Waals surface area contributed by atoms with Gasteiger partial charge in [0, 0.05) is 25.7 Å². The molecule has 564 valence electrons. The van der Waals surface area contributed by atoms with Crippen LogP contribution < -0.4 is 0 Å². The summed E-state index contributed by atoms with van der Waals surface area (Å²) in [6.45, 7) is 14.2. The van der Waals surface area contributed by atoms with Crippen LogP contribution >= 0.6 is 15.6 Å². The van der Waals surface area contributed by atoms with Crippen LogP contribution in [0.3, 0.4) is 0 Å². The maximum Gasteiger partial charge on any atom is 0.472 e. The van der Waals surface area contributed by atoms with Gasteiger partial charge in [0.05, 0.1) is 26.4 Å². The topological polar surface area (TPSA) is 237 Å². The van der Waals surface area contributed by atoms with Gasteiger partial charge in [0.15, 0.2) is 12.2 Å². The number of hydrogen-bond donors (Lipinski definition) is 3. The molecule has 0 rings (SSSR count). The predicted octanol–water partition coefficient (Wildman–Crippen LogP) is 22.0. The summed E-state index contributed by atoms with van der Waals surface area (Å²) in [5.74, 6) is 0.986. The number of aliphatic hydroxyl groups excluding tert-OH is 1. The summed E-state index contributed by atoms with van der Waals surface area (Å²) >= 11 is 0. The Hall–Kier alpha value is -1.94. The third-order valence-electron chi connectivity index (χ3n) is 18.3. The van der Waals surface area contributed by atoms with E-state index in [1.165, 1.54) is 186 Å². The van der Waals surface area contributed by atoms with E-state index in [2.05, 4.69) is 55.4 Å². The van der Waals surface area contributed by atoms with E-state index in [1.807, 2.05) is 0 Å². The van der Waals surface area contributed by atoms with Crippen molar-refractivity contribution in [1.29, 1.82) is 0 Å². The van der Waals surface area contributed by atoms with Crippen LogP contribution in [0, 0.1) is 23.7 Å². The molecule has 0 aliphatic rings. The van der Waals surface area contributed by atoms with Gasteiger partial charge in [-0.05, 0) is 49.4 Å². The lowest BCUT2D eigenvalue weighted by Crippen LogP contribution is -2.30. The first-order valence-corrected chi connectivity index (χ1v) is 42.3. The smallest absolute Gasteiger partial charge is 0.462 e. The van der Waals surface area contributed by atoms with Crippen LogP contribution in [-0.2, 0) is 65.4 Å². The molecule has 0 spiro atoms. The maximum atomic E-state index is 13.1. The molecule has 95 heavy (non-hydrogen) atoms. The molecule has 0 fully saturated rings. The van der Waals surface area contributed by atoms with E-state index in [0.29, 0.717) is 25.7 Å². The van der Waals surface area contributed by atoms with E-state index >= 15 is 0 Å². The molecule has 5 unspecified atom stereocenters. The van der Waals surface area contributed by atoms with Gasteiger partial charge in [-0.25, -0.2) is 9.13 Å². The fourth-order valence-electron chi connectivity index (χ4n) is 11.5. The zero-order valence-corrected chi connectivity index (χ0v) is 64.1. The summed E-state index contributed by atoms with van der Waals surface area (Å²) < 4.78 is 68.5. The number of unbranched alkanes of at least 4 members (excludes halogenated alkanes) is 37. The molecule has 3 N–H and O–H groups in total. The summed E-state index contributed by atoms with van der Waals surface area (Å²) in [5, 5.41) is 10.6. The number of esters is 4. The summed E-state index contributed by atoms with van der Waals surface area (Å²) in [7, 11) is -9.91. The van der Waals surface area contributed by atoms with E-state index < -0.39 is 97.5 Å². The van der Waals surface area contributed by atoms with Crippen LogP contribution in [0.25, 0.3) is 0 Å². The van der Waals surface area contributed by atoms with Crippen LogP contribution in [0.1, 0.15) is 383 Å². The highest BCUT2D eigenvalue weighted by Crippen LogP contribution is 2.45. The SMILES string of the molecule is CCC(C)CCCCCCCCCCCCC(=O)OC[C@H](COP(=O)(O)OCC(O)COP(=O)(O)OC[C@@H](COC(=O)CCCCCCCCCCC(C)C)OC(=O)CCCCCCCCCCC(C)CC)OC(=O)CCCCCCCCCCCCCCCCCC(C)C. The number of ether oxygens (including phenoxy) is 4. The average molecular weight is 1400 g/mol. The van der Waals surface area contributed by atoms with E-state index in [1.54, 1.807) is 0 Å². The largest absolute Gasteiger partial charge is 0.472 e. The van der Waals surface area contributed by atoms with Crippen LogP contribution in [-0.4, -0.2) is 96.7 Å². The monoisotopic (exact) mass is 1400 g/mol. The predicted molar refractivity (Wildman–Crippen MR) is 386 cm³/mol. The Morgan fingerprint density at radius 3 is 0.747 bits per heavy atom. The van der Waals surface area contributed by atoms with Crippen molar-refractivity contribution >= 4 is 39.5 Å². The number of rotatable bonds is 73. The molecule has 19 heteroatoms. The zero-order valence-electron chi connectivity index (χ0n) is 62.3. The molecule has 0 aromatic heterocycles. The van der Waals surface area contributed by atoms with Gasteiger partial charge in [0.1, 0.15) is 19.3 Å². The molecule has 17 nitrogen and oxygen atoms in total. The number of carbonyl (C=O) groups excluding carboxylic acids is 4. The minimum Gasteiger partial charge on any atom is -0.462 e. The highest BCUT2D eigenvalue weighted by Gasteiger charge is 2.30. The van der Waals surface area contributed by atoms with Crippen molar-refractivity contribution in [2.75, 3.05) is 39.6 Å². The highest BCUT2D eigenvalue weighted by molar-refractivity contribution is 7.47. The van der Waals surface area contributed by atoms with Gasteiger partial charge in [-0.1, -0.05) is 331 Å². The second-order valence-corrected chi connectivity index (χ2v) is 31.7. The molecule has 0 amide bonds. The minimum atomic E-state index is -4.96. The lowest BCUT2D eigenvalue weighted by molar-refractivity contribution is -0.161. The summed E-state index contributed by atoms with van der Waals surface area (Å²) in [6, 6.07) is 0. The molecule has 0 aliphatic carbocycles. The third-order valence-corrected chi connectivity index (χ3v) is 20.2. The second-order valence-electron chi connectivity index (χ2n) is 28.8. The Bertz CT molecular complexity index is 1870. The van der Waals surface area contributed by atoms with Crippen molar-refractivity contribution in [3.05, 3.63) is 0 Å². The molecule has 0 aromatic rings. The van der Waals surface area contributed by atoms with E-state index in [4.69, 9.17) is 37.0 Å². The van der Waals surface area contributed by atoms with Crippen molar-refractivity contribution in [3.63, 3.8) is 0 Å². The zero-order chi connectivity index (χ0) is 70.3. The van der Waals surface area contributed by atoms with Gasteiger partial charge < -0.3 is 33.8 Å². The van der Waals surface area contributed by atoms with Gasteiger partial charge >= 0.3 is 39.5 Å². The molecular weight excluding hydrogens is 1250 g/mol. The first kappa shape index (κ1) is 93.1. The molecule has 0 radical (unpaired) electrons. The number of carbonyl (C=O) groups is 4. The first-order chi connectivity index (χ1) is 45.7. The standard InChI is InChI=1S/C76H148O17P2/c1-9-68(7)54-46-38-30-21-18-19-22-32-40-48-56-73(78)86-62-71(92-75(80)58-50-42-34-23-17-15-13-11-12-14-16-20-28-36-44-52-66(3)4)64-90-94(82,83)88-60-70(77)61-89-95(84,85)91-65-72(63-87-74(79)57-49-41-33-26-24-29-37-45-53-67(5)6)93-76(81)59-51-43-35-27-25-31-39-47-55-69(8)10-2/h66-72,77H,9-65H2,1-8H3,(H,82,83)(H,84,85)/t68?,69?,70?,71-,72-/m1/s1. The summed E-state index contributed by atoms with van der Waals surface area (Å²) in [6.07, 6.45) is 49.8. The van der Waals surface area contributed by atoms with Gasteiger partial charge in [-0.15, -0.1) is 0 Å². The van der Waals surface area contributed by atoms with E-state index in [9.17, 15) is 43.2 Å². The fourth-order valence-corrected chi connectivity index (χ4v) is 13.1. The van der Waals surface area contributed by atoms with E-state index in [-0.39, 0.29) is 25.7 Å². The Morgan fingerprint density at radius 2 is 0.505 bits per heavy atom. The molecule has 7 atom stereocenters. The Labute approximate surface area is 581 Å². The highest BCUT2D eigenvalue weighted by atomic mass is 31.2. The third kappa shape index (κ3) is 67.6. The lowest BCUT2D eigenvalue weighted by atomic mass is 9.99. The van der Waals surface area contributed by atoms with Crippen molar-refractivity contribution in [3.8, 4) is 0 Å². The molecule has 0 aliphatic heterocycles. The second kappa shape index (κ2) is 65.4. The quantitative estimate of drug-likeness (QED) is 0.0222. The van der Waals surface area contributed by atoms with Gasteiger partial charge in [-0.3, -0.25) is 37.3 Å². The Kier molecular flexibility index (Phi) is 64.0. The normalized spacial score (nSPS) is 14.7. The van der Waals surface area contributed by atoms with Gasteiger partial charge in [0.2, 0.25) is 0 Å². The molecule has 0 bridgehead atoms. The average Bonchev–Trinajstić information content (AvgIpc) is 1.76. The van der Waals surface area contributed by atoms with Crippen molar-refractivity contribution in [1.82, 2.24) is 0 Å². The number of phosphoric ester groups is 2. The number of aliphatic hydroxyl groups is 1. The van der Waals surface area contributed by atoms with Crippen molar-refractivity contribution in [2.45, 2.75) is 401 Å². The number of phosphoric acid groups is 2. The van der Waals surface area contributed by atoms with E-state index in [0.717, 1.165) is 114 Å². The van der Waals surface area contributed by atoms with Crippen LogP contribution in [0.4, 0.5) is 0 Å². The first-order valence-electron chi connectivity index (χ1n) is 39.3. The van der Waals surface area contributed by atoms with Gasteiger partial charge in [-0.2, -0.15) is 0 Å². The molecule has 0 heterocycles. The lowest BCUT2D eigenvalue weighted by Gasteiger charge is -2.21. The van der Waals surface area contributed by atoms with Crippen molar-refractivity contribution in [2.24, 2.45) is 23.7 Å². The molecule has 0 saturated carbocycles. The van der Waals surface area contributed by atoms with Crippen molar-refractivity contribution < 1.29 is 80.2 Å². The van der Waals surface area contributed by atoms with Crippen LogP contribution in [0.5, 0.6) is 0 Å². The molecule has 0 saturated heterocycles. The van der Waals surface area contributed by atoms with Gasteiger partial charge in [0.25, 0.3) is 0 Å². The Balaban J connectivity index is 5.26. The number of hydrogen-bond acceptors (Lipinski definition) is 15.